The van der Waals surface area contributed by atoms with E-state index >= 15 is 0 Å². The summed E-state index contributed by atoms with van der Waals surface area (Å²) < 4.78 is 10.3. The molecule has 2 aromatic carbocycles. The zero-order chi connectivity index (χ0) is 15.2. The fraction of sp³-hybridized carbons (Fsp3) is 0.0588. The highest BCUT2D eigenvalue weighted by Gasteiger charge is 2.10. The van der Waals surface area contributed by atoms with Gasteiger partial charge in [-0.25, -0.2) is 9.59 Å². The molecule has 0 spiro atoms. The molecule has 2 aromatic rings. The van der Waals surface area contributed by atoms with E-state index in [9.17, 15) is 9.59 Å². The zero-order valence-electron chi connectivity index (χ0n) is 11.5. The van der Waals surface area contributed by atoms with Crippen LogP contribution < -0.4 is 9.47 Å². The summed E-state index contributed by atoms with van der Waals surface area (Å²) in [5.74, 6) is -0.405. The third-order valence-corrected chi connectivity index (χ3v) is 2.58. The summed E-state index contributed by atoms with van der Waals surface area (Å²) in [6.07, 6.45) is 0. The summed E-state index contributed by atoms with van der Waals surface area (Å²) in [5.41, 5.74) is 0.739. The first kappa shape index (κ1) is 14.5. The van der Waals surface area contributed by atoms with Crippen molar-refractivity contribution in [1.29, 1.82) is 0 Å². The molecule has 0 unspecified atom stereocenters. The predicted molar refractivity (Wildman–Crippen MR) is 78.3 cm³/mol. The van der Waals surface area contributed by atoms with Crippen LogP contribution in [-0.2, 0) is 4.79 Å². The molecular weight excluding hydrogens is 268 g/mol. The van der Waals surface area contributed by atoms with Gasteiger partial charge in [-0.3, -0.25) is 0 Å². The van der Waals surface area contributed by atoms with Gasteiger partial charge in [0.2, 0.25) is 0 Å². The Morgan fingerprint density at radius 3 is 2.14 bits per heavy atom. The normalized spacial score (nSPS) is 9.76. The van der Waals surface area contributed by atoms with Crippen LogP contribution in [0.3, 0.4) is 0 Å². The molecule has 0 fully saturated rings. The molecule has 0 amide bonds. The lowest BCUT2D eigenvalue weighted by atomic mass is 10.2. The number of benzene rings is 2. The number of carbonyl (C=O) groups is 2. The molecule has 0 bridgehead atoms. The van der Waals surface area contributed by atoms with Crippen molar-refractivity contribution in [2.45, 2.75) is 6.92 Å². The van der Waals surface area contributed by atoms with E-state index in [0.717, 1.165) is 0 Å². The van der Waals surface area contributed by atoms with Crippen LogP contribution in [0, 0.1) is 0 Å². The molecule has 0 aromatic heterocycles. The number of esters is 2. The third-order valence-electron chi connectivity index (χ3n) is 2.58. The van der Waals surface area contributed by atoms with Crippen LogP contribution in [0.2, 0.25) is 0 Å². The van der Waals surface area contributed by atoms with Crippen molar-refractivity contribution in [2.75, 3.05) is 0 Å². The predicted octanol–water partition coefficient (Wildman–Crippen LogP) is 3.39. The summed E-state index contributed by atoms with van der Waals surface area (Å²) in [7, 11) is 0. The quantitative estimate of drug-likeness (QED) is 0.490. The average Bonchev–Trinajstić information content (AvgIpc) is 2.48. The van der Waals surface area contributed by atoms with Crippen molar-refractivity contribution in [1.82, 2.24) is 0 Å². The maximum Gasteiger partial charge on any atom is 0.343 e. The molecular formula is C17H14O4. The molecule has 4 nitrogen and oxygen atoms in total. The van der Waals surface area contributed by atoms with Crippen LogP contribution in [-0.4, -0.2) is 11.9 Å². The van der Waals surface area contributed by atoms with Crippen LogP contribution >= 0.6 is 0 Å². The molecule has 106 valence electrons. The second-order valence-electron chi connectivity index (χ2n) is 4.40. The minimum atomic E-state index is -0.526. The van der Waals surface area contributed by atoms with Crippen LogP contribution in [0.4, 0.5) is 0 Å². The highest BCUT2D eigenvalue weighted by molar-refractivity contribution is 5.91. The molecule has 0 aliphatic heterocycles. The minimum Gasteiger partial charge on any atom is -0.423 e. The van der Waals surface area contributed by atoms with E-state index in [2.05, 4.69) is 6.58 Å². The number of rotatable bonds is 4. The Bertz CT molecular complexity index is 674. The molecule has 0 aliphatic carbocycles. The van der Waals surface area contributed by atoms with Gasteiger partial charge in [0, 0.05) is 11.6 Å². The Labute approximate surface area is 122 Å². The average molecular weight is 282 g/mol. The summed E-state index contributed by atoms with van der Waals surface area (Å²) in [5, 5.41) is 0. The molecule has 0 N–H and O–H groups in total. The van der Waals surface area contributed by atoms with E-state index in [0.29, 0.717) is 22.6 Å². The van der Waals surface area contributed by atoms with Gasteiger partial charge in [-0.15, -0.1) is 0 Å². The SMILES string of the molecule is C=C(C)C(=O)Oc1cccc(OC(=O)c2ccccc2)c1. The van der Waals surface area contributed by atoms with Crippen LogP contribution in [0.5, 0.6) is 11.5 Å². The van der Waals surface area contributed by atoms with Gasteiger partial charge in [-0.2, -0.15) is 0 Å². The van der Waals surface area contributed by atoms with Gasteiger partial charge in [0.15, 0.2) is 0 Å². The number of carbonyl (C=O) groups excluding carboxylic acids is 2. The van der Waals surface area contributed by atoms with E-state index in [-0.39, 0.29) is 0 Å². The number of ether oxygens (including phenoxy) is 2. The molecule has 21 heavy (non-hydrogen) atoms. The van der Waals surface area contributed by atoms with E-state index < -0.39 is 11.9 Å². The summed E-state index contributed by atoms with van der Waals surface area (Å²) in [6, 6.07) is 15.0. The summed E-state index contributed by atoms with van der Waals surface area (Å²) in [4.78, 5) is 23.3. The van der Waals surface area contributed by atoms with Gasteiger partial charge < -0.3 is 9.47 Å². The van der Waals surface area contributed by atoms with Crippen molar-refractivity contribution >= 4 is 11.9 Å². The zero-order valence-corrected chi connectivity index (χ0v) is 11.5. The van der Waals surface area contributed by atoms with Crippen molar-refractivity contribution in [3.05, 3.63) is 72.3 Å². The highest BCUT2D eigenvalue weighted by atomic mass is 16.5. The van der Waals surface area contributed by atoms with Crippen LogP contribution in [0.25, 0.3) is 0 Å². The molecule has 4 heteroatoms. The molecule has 0 radical (unpaired) electrons. The fourth-order valence-electron chi connectivity index (χ4n) is 1.54. The fourth-order valence-corrected chi connectivity index (χ4v) is 1.54. The number of hydrogen-bond donors (Lipinski definition) is 0. The maximum absolute atomic E-state index is 11.9. The lowest BCUT2D eigenvalue weighted by molar-refractivity contribution is -0.130. The Morgan fingerprint density at radius 2 is 1.52 bits per heavy atom. The third kappa shape index (κ3) is 4.04. The summed E-state index contributed by atoms with van der Waals surface area (Å²) in [6.45, 7) is 5.06. The van der Waals surface area contributed by atoms with E-state index in [1.54, 1.807) is 49.4 Å². The monoisotopic (exact) mass is 282 g/mol. The second-order valence-corrected chi connectivity index (χ2v) is 4.40. The molecule has 0 saturated heterocycles. The first-order valence-corrected chi connectivity index (χ1v) is 6.31. The minimum absolute atomic E-state index is 0.293. The van der Waals surface area contributed by atoms with Gasteiger partial charge in [0.05, 0.1) is 5.56 Å². The van der Waals surface area contributed by atoms with Gasteiger partial charge >= 0.3 is 11.9 Å². The van der Waals surface area contributed by atoms with Gasteiger partial charge in [0.25, 0.3) is 0 Å². The van der Waals surface area contributed by atoms with Crippen molar-refractivity contribution in [3.63, 3.8) is 0 Å². The first-order chi connectivity index (χ1) is 10.1. The highest BCUT2D eigenvalue weighted by Crippen LogP contribution is 2.21. The second kappa shape index (κ2) is 6.52. The number of hydrogen-bond acceptors (Lipinski definition) is 4. The van der Waals surface area contributed by atoms with Crippen molar-refractivity contribution in [3.8, 4) is 11.5 Å². The van der Waals surface area contributed by atoms with Gasteiger partial charge in [0.1, 0.15) is 11.5 Å². The van der Waals surface area contributed by atoms with Crippen LogP contribution in [0.15, 0.2) is 66.7 Å². The lowest BCUT2D eigenvalue weighted by Crippen LogP contribution is -2.10. The molecule has 2 rings (SSSR count). The molecule has 0 heterocycles. The Morgan fingerprint density at radius 1 is 0.905 bits per heavy atom. The van der Waals surface area contributed by atoms with Crippen LogP contribution in [0.1, 0.15) is 17.3 Å². The topological polar surface area (TPSA) is 52.6 Å². The largest absolute Gasteiger partial charge is 0.423 e. The van der Waals surface area contributed by atoms with Crippen molar-refractivity contribution < 1.29 is 19.1 Å². The Kier molecular flexibility index (Phi) is 4.51. The lowest BCUT2D eigenvalue weighted by Gasteiger charge is -2.07. The van der Waals surface area contributed by atoms with Gasteiger partial charge in [-0.1, -0.05) is 30.8 Å². The van der Waals surface area contributed by atoms with Crippen molar-refractivity contribution in [2.24, 2.45) is 0 Å². The van der Waals surface area contributed by atoms with E-state index in [1.165, 1.54) is 6.07 Å². The standard InChI is InChI=1S/C17H14O4/c1-12(2)16(18)20-14-9-6-10-15(11-14)21-17(19)13-7-4-3-5-8-13/h3-11H,1H2,2H3. The van der Waals surface area contributed by atoms with E-state index in [1.807, 2.05) is 6.07 Å². The molecule has 0 saturated carbocycles. The molecule has 0 aliphatic rings. The smallest absolute Gasteiger partial charge is 0.343 e. The summed E-state index contributed by atoms with van der Waals surface area (Å²) >= 11 is 0. The Balaban J connectivity index is 2.09. The molecule has 0 atom stereocenters. The Hall–Kier alpha value is -2.88. The van der Waals surface area contributed by atoms with E-state index in [4.69, 9.17) is 9.47 Å². The maximum atomic E-state index is 11.9. The first-order valence-electron chi connectivity index (χ1n) is 6.31. The van der Waals surface area contributed by atoms with Gasteiger partial charge in [-0.05, 0) is 31.2 Å².